The van der Waals surface area contributed by atoms with Crippen molar-refractivity contribution in [2.75, 3.05) is 7.11 Å². The molecule has 0 aliphatic carbocycles. The summed E-state index contributed by atoms with van der Waals surface area (Å²) in [5.74, 6) is -1.34. The van der Waals surface area contributed by atoms with Crippen LogP contribution in [0.2, 0.25) is 0 Å². The number of carboxylic acids is 1. The van der Waals surface area contributed by atoms with Crippen LogP contribution in [0.5, 0.6) is 0 Å². The molecule has 104 valence electrons. The van der Waals surface area contributed by atoms with Crippen LogP contribution in [0.4, 0.5) is 0 Å². The predicted molar refractivity (Wildman–Crippen MR) is 70.3 cm³/mol. The smallest absolute Gasteiger partial charge is 0.331 e. The number of carboxylic acid groups (broad SMARTS) is 1. The number of carbonyl (C=O) groups excluding carboxylic acids is 1. The molecule has 0 atom stereocenters. The minimum absolute atomic E-state index is 0.0357. The lowest BCUT2D eigenvalue weighted by atomic mass is 10.0. The van der Waals surface area contributed by atoms with Gasteiger partial charge in [-0.05, 0) is 12.8 Å². The van der Waals surface area contributed by atoms with Crippen LogP contribution in [0.1, 0.15) is 58.3 Å². The van der Waals surface area contributed by atoms with E-state index in [0.29, 0.717) is 12.0 Å². The van der Waals surface area contributed by atoms with Crippen molar-refractivity contribution in [3.8, 4) is 0 Å². The molecule has 0 radical (unpaired) electrons. The first kappa shape index (κ1) is 16.7. The maximum absolute atomic E-state index is 10.9. The Morgan fingerprint density at radius 1 is 1.11 bits per heavy atom. The normalized spacial score (nSPS) is 11.3. The lowest BCUT2D eigenvalue weighted by molar-refractivity contribution is -0.139. The molecule has 0 aliphatic heterocycles. The second-order valence-corrected chi connectivity index (χ2v) is 4.33. The van der Waals surface area contributed by atoms with Gasteiger partial charge in [0.05, 0.1) is 13.5 Å². The molecule has 0 unspecified atom stereocenters. The van der Waals surface area contributed by atoms with Gasteiger partial charge in [-0.3, -0.25) is 4.79 Å². The first-order valence-electron chi connectivity index (χ1n) is 6.61. The third-order valence-corrected chi connectivity index (χ3v) is 2.82. The van der Waals surface area contributed by atoms with Gasteiger partial charge in [0.15, 0.2) is 0 Å². The van der Waals surface area contributed by atoms with Gasteiger partial charge < -0.3 is 9.84 Å². The Morgan fingerprint density at radius 3 is 2.28 bits per heavy atom. The quantitative estimate of drug-likeness (QED) is 0.370. The zero-order chi connectivity index (χ0) is 13.8. The lowest BCUT2D eigenvalue weighted by Gasteiger charge is -2.03. The van der Waals surface area contributed by atoms with E-state index < -0.39 is 11.9 Å². The molecule has 0 rings (SSSR count). The van der Waals surface area contributed by atoms with Gasteiger partial charge in [0.25, 0.3) is 0 Å². The van der Waals surface area contributed by atoms with E-state index in [4.69, 9.17) is 5.11 Å². The van der Waals surface area contributed by atoms with Crippen LogP contribution in [0.3, 0.4) is 0 Å². The fourth-order valence-corrected chi connectivity index (χ4v) is 1.68. The molecule has 0 saturated heterocycles. The van der Waals surface area contributed by atoms with Gasteiger partial charge in [0, 0.05) is 5.57 Å². The summed E-state index contributed by atoms with van der Waals surface area (Å²) < 4.78 is 4.47. The van der Waals surface area contributed by atoms with Gasteiger partial charge in [-0.2, -0.15) is 0 Å². The molecule has 1 N–H and O–H groups in total. The summed E-state index contributed by atoms with van der Waals surface area (Å²) >= 11 is 0. The summed E-state index contributed by atoms with van der Waals surface area (Å²) in [6.07, 6.45) is 8.74. The van der Waals surface area contributed by atoms with Gasteiger partial charge in [-0.1, -0.05) is 45.1 Å². The molecule has 0 saturated carbocycles. The number of ether oxygens (including phenoxy) is 1. The van der Waals surface area contributed by atoms with Crippen molar-refractivity contribution in [1.82, 2.24) is 0 Å². The minimum atomic E-state index is -0.938. The Bertz CT molecular complexity index is 282. The first-order valence-corrected chi connectivity index (χ1v) is 6.61. The van der Waals surface area contributed by atoms with Crippen LogP contribution in [0.15, 0.2) is 11.6 Å². The molecule has 0 spiro atoms. The second-order valence-electron chi connectivity index (χ2n) is 4.33. The van der Waals surface area contributed by atoms with Crippen molar-refractivity contribution in [1.29, 1.82) is 0 Å². The van der Waals surface area contributed by atoms with Crippen LogP contribution in [0, 0.1) is 0 Å². The highest BCUT2D eigenvalue weighted by molar-refractivity contribution is 5.87. The van der Waals surface area contributed by atoms with Gasteiger partial charge in [0.2, 0.25) is 0 Å². The SMILES string of the molecule is CCCCCCCCC(=CCC(=O)OC)C(=O)O. The minimum Gasteiger partial charge on any atom is -0.478 e. The summed E-state index contributed by atoms with van der Waals surface area (Å²) in [7, 11) is 1.30. The molecule has 0 aromatic carbocycles. The van der Waals surface area contributed by atoms with Crippen molar-refractivity contribution in [2.24, 2.45) is 0 Å². The number of esters is 1. The molecule has 0 aromatic rings. The van der Waals surface area contributed by atoms with Crippen LogP contribution < -0.4 is 0 Å². The Kier molecular flexibility index (Phi) is 10.0. The van der Waals surface area contributed by atoms with Crippen LogP contribution in [0.25, 0.3) is 0 Å². The summed E-state index contributed by atoms with van der Waals surface area (Å²) in [6.45, 7) is 2.16. The highest BCUT2D eigenvalue weighted by Gasteiger charge is 2.08. The molecule has 0 aromatic heterocycles. The topological polar surface area (TPSA) is 63.6 Å². The summed E-state index contributed by atoms with van der Waals surface area (Å²) in [4.78, 5) is 21.9. The fraction of sp³-hybridized carbons (Fsp3) is 0.714. The van der Waals surface area contributed by atoms with Crippen molar-refractivity contribution in [2.45, 2.75) is 58.3 Å². The maximum atomic E-state index is 10.9. The average Bonchev–Trinajstić information content (AvgIpc) is 2.36. The molecule has 0 bridgehead atoms. The Balaban J connectivity index is 3.90. The van der Waals surface area contributed by atoms with E-state index in [2.05, 4.69) is 11.7 Å². The van der Waals surface area contributed by atoms with E-state index in [-0.39, 0.29) is 6.42 Å². The average molecular weight is 256 g/mol. The molecular formula is C14H24O4. The third-order valence-electron chi connectivity index (χ3n) is 2.82. The fourth-order valence-electron chi connectivity index (χ4n) is 1.68. The first-order chi connectivity index (χ1) is 8.61. The number of carbonyl (C=O) groups is 2. The van der Waals surface area contributed by atoms with Crippen molar-refractivity contribution in [3.63, 3.8) is 0 Å². The zero-order valence-corrected chi connectivity index (χ0v) is 11.4. The molecule has 18 heavy (non-hydrogen) atoms. The van der Waals surface area contributed by atoms with Gasteiger partial charge >= 0.3 is 11.9 Å². The third kappa shape index (κ3) is 8.79. The Labute approximate surface area is 109 Å². The predicted octanol–water partition coefficient (Wildman–Crippen LogP) is 3.31. The second kappa shape index (κ2) is 10.8. The van der Waals surface area contributed by atoms with Crippen molar-refractivity contribution in [3.05, 3.63) is 11.6 Å². The van der Waals surface area contributed by atoms with Crippen LogP contribution in [-0.4, -0.2) is 24.2 Å². The standard InChI is InChI=1S/C14H24O4/c1-3-4-5-6-7-8-9-12(14(16)17)10-11-13(15)18-2/h10H,3-9,11H2,1-2H3,(H,16,17). The van der Waals surface area contributed by atoms with E-state index in [1.807, 2.05) is 0 Å². The molecular weight excluding hydrogens is 232 g/mol. The van der Waals surface area contributed by atoms with Crippen molar-refractivity contribution < 1.29 is 19.4 Å². The van der Waals surface area contributed by atoms with E-state index in [0.717, 1.165) is 19.3 Å². The molecule has 0 aliphatic rings. The Hall–Kier alpha value is -1.32. The van der Waals surface area contributed by atoms with Gasteiger partial charge in [0.1, 0.15) is 0 Å². The molecule has 0 amide bonds. The molecule has 4 heteroatoms. The van der Waals surface area contributed by atoms with E-state index in [9.17, 15) is 9.59 Å². The maximum Gasteiger partial charge on any atom is 0.331 e. The number of hydrogen-bond donors (Lipinski definition) is 1. The van der Waals surface area contributed by atoms with E-state index in [1.54, 1.807) is 0 Å². The highest BCUT2D eigenvalue weighted by atomic mass is 16.5. The number of unbranched alkanes of at least 4 members (excludes halogenated alkanes) is 5. The largest absolute Gasteiger partial charge is 0.478 e. The number of aliphatic carboxylic acids is 1. The lowest BCUT2D eigenvalue weighted by Crippen LogP contribution is -2.04. The monoisotopic (exact) mass is 256 g/mol. The molecule has 4 nitrogen and oxygen atoms in total. The number of methoxy groups -OCH3 is 1. The number of rotatable bonds is 10. The van der Waals surface area contributed by atoms with Crippen LogP contribution >= 0.6 is 0 Å². The summed E-state index contributed by atoms with van der Waals surface area (Å²) in [5.41, 5.74) is 0.316. The van der Waals surface area contributed by atoms with E-state index in [1.165, 1.54) is 32.4 Å². The van der Waals surface area contributed by atoms with E-state index >= 15 is 0 Å². The Morgan fingerprint density at radius 2 is 1.72 bits per heavy atom. The molecule has 0 fully saturated rings. The zero-order valence-electron chi connectivity index (χ0n) is 11.4. The van der Waals surface area contributed by atoms with Crippen molar-refractivity contribution >= 4 is 11.9 Å². The van der Waals surface area contributed by atoms with Gasteiger partial charge in [-0.25, -0.2) is 4.79 Å². The molecule has 0 heterocycles. The summed E-state index contributed by atoms with van der Waals surface area (Å²) in [5, 5.41) is 8.98. The summed E-state index contributed by atoms with van der Waals surface area (Å²) in [6, 6.07) is 0. The highest BCUT2D eigenvalue weighted by Crippen LogP contribution is 2.12. The van der Waals surface area contributed by atoms with Crippen LogP contribution in [-0.2, 0) is 14.3 Å². The number of hydrogen-bond acceptors (Lipinski definition) is 3. The van der Waals surface area contributed by atoms with Gasteiger partial charge in [-0.15, -0.1) is 0 Å².